The molecule has 0 heterocycles. The van der Waals surface area contributed by atoms with Gasteiger partial charge in [0.15, 0.2) is 0 Å². The van der Waals surface area contributed by atoms with E-state index in [0.29, 0.717) is 0 Å². The number of halogens is 1. The van der Waals surface area contributed by atoms with Gasteiger partial charge in [-0.15, -0.1) is 11.6 Å². The van der Waals surface area contributed by atoms with Gasteiger partial charge in [0.25, 0.3) is 0 Å². The van der Waals surface area contributed by atoms with E-state index in [0.717, 1.165) is 17.5 Å². The zero-order valence-corrected chi connectivity index (χ0v) is 11.3. The molecule has 0 fully saturated rings. The van der Waals surface area contributed by atoms with Gasteiger partial charge in [0.1, 0.15) is 0 Å². The normalized spacial score (nSPS) is 14.2. The van der Waals surface area contributed by atoms with Crippen LogP contribution in [0.3, 0.4) is 0 Å². The fraction of sp³-hybridized carbons (Fsp3) is 0.250. The van der Waals surface area contributed by atoms with Gasteiger partial charge in [-0.25, -0.2) is 0 Å². The molecule has 2 N–H and O–H groups in total. The quantitative estimate of drug-likeness (QED) is 0.828. The highest BCUT2D eigenvalue weighted by molar-refractivity contribution is 6.22. The molecule has 0 saturated carbocycles. The van der Waals surface area contributed by atoms with E-state index >= 15 is 0 Å². The van der Waals surface area contributed by atoms with Crippen LogP contribution in [0, 0.1) is 0 Å². The van der Waals surface area contributed by atoms with Crippen molar-refractivity contribution in [1.82, 2.24) is 0 Å². The summed E-state index contributed by atoms with van der Waals surface area (Å²) in [7, 11) is 0. The van der Waals surface area contributed by atoms with Gasteiger partial charge in [0, 0.05) is 6.04 Å². The molecule has 2 heteroatoms. The van der Waals surface area contributed by atoms with Crippen molar-refractivity contribution in [2.45, 2.75) is 24.8 Å². The second kappa shape index (κ2) is 6.03. The van der Waals surface area contributed by atoms with Gasteiger partial charge >= 0.3 is 0 Å². The molecule has 18 heavy (non-hydrogen) atoms. The molecule has 94 valence electrons. The van der Waals surface area contributed by atoms with Crippen molar-refractivity contribution < 1.29 is 0 Å². The SMILES string of the molecule is CC(N)Cc1ccc(C(Cl)c2ccccc2)cc1. The van der Waals surface area contributed by atoms with Crippen LogP contribution in [0.2, 0.25) is 0 Å². The smallest absolute Gasteiger partial charge is 0.0835 e. The van der Waals surface area contributed by atoms with Gasteiger partial charge in [-0.3, -0.25) is 0 Å². The first-order valence-electron chi connectivity index (χ1n) is 6.20. The predicted molar refractivity (Wildman–Crippen MR) is 77.9 cm³/mol. The highest BCUT2D eigenvalue weighted by Gasteiger charge is 2.10. The minimum Gasteiger partial charge on any atom is -0.328 e. The minimum absolute atomic E-state index is 0.0875. The molecule has 0 aromatic heterocycles. The Morgan fingerprint density at radius 2 is 1.50 bits per heavy atom. The largest absolute Gasteiger partial charge is 0.328 e. The molecule has 0 bridgehead atoms. The highest BCUT2D eigenvalue weighted by atomic mass is 35.5. The Kier molecular flexibility index (Phi) is 4.40. The van der Waals surface area contributed by atoms with Crippen molar-refractivity contribution in [3.8, 4) is 0 Å². The van der Waals surface area contributed by atoms with Crippen LogP contribution in [0.15, 0.2) is 54.6 Å². The summed E-state index contributed by atoms with van der Waals surface area (Å²) in [5.41, 5.74) is 9.29. The maximum absolute atomic E-state index is 6.46. The lowest BCUT2D eigenvalue weighted by Gasteiger charge is -2.11. The van der Waals surface area contributed by atoms with Crippen molar-refractivity contribution in [2.24, 2.45) is 5.73 Å². The Balaban J connectivity index is 2.14. The second-order valence-corrected chi connectivity index (χ2v) is 5.13. The van der Waals surface area contributed by atoms with E-state index in [4.69, 9.17) is 17.3 Å². The van der Waals surface area contributed by atoms with E-state index in [1.165, 1.54) is 5.56 Å². The van der Waals surface area contributed by atoms with Gasteiger partial charge in [0.05, 0.1) is 5.38 Å². The molecule has 0 aliphatic rings. The Labute approximate surface area is 114 Å². The van der Waals surface area contributed by atoms with Crippen LogP contribution in [0.5, 0.6) is 0 Å². The summed E-state index contributed by atoms with van der Waals surface area (Å²) in [6.45, 7) is 2.02. The lowest BCUT2D eigenvalue weighted by atomic mass is 10.0. The van der Waals surface area contributed by atoms with Crippen molar-refractivity contribution >= 4 is 11.6 Å². The highest BCUT2D eigenvalue weighted by Crippen LogP contribution is 2.28. The molecular weight excluding hydrogens is 242 g/mol. The Hall–Kier alpha value is -1.31. The zero-order valence-electron chi connectivity index (χ0n) is 10.5. The third-order valence-corrected chi connectivity index (χ3v) is 3.43. The van der Waals surface area contributed by atoms with E-state index in [9.17, 15) is 0 Å². The van der Waals surface area contributed by atoms with E-state index in [1.54, 1.807) is 0 Å². The van der Waals surface area contributed by atoms with Gasteiger partial charge < -0.3 is 5.73 Å². The van der Waals surface area contributed by atoms with Crippen LogP contribution in [0.25, 0.3) is 0 Å². The van der Waals surface area contributed by atoms with Crippen LogP contribution in [-0.4, -0.2) is 6.04 Å². The summed E-state index contributed by atoms with van der Waals surface area (Å²) in [4.78, 5) is 0. The maximum atomic E-state index is 6.46. The molecule has 0 radical (unpaired) electrons. The van der Waals surface area contributed by atoms with Crippen LogP contribution >= 0.6 is 11.6 Å². The zero-order chi connectivity index (χ0) is 13.0. The first-order valence-corrected chi connectivity index (χ1v) is 6.64. The van der Waals surface area contributed by atoms with Gasteiger partial charge in [0.2, 0.25) is 0 Å². The molecule has 2 aromatic rings. The summed E-state index contributed by atoms with van der Waals surface area (Å²) in [6, 6.07) is 18.7. The number of benzene rings is 2. The number of hydrogen-bond acceptors (Lipinski definition) is 1. The Morgan fingerprint density at radius 3 is 2.06 bits per heavy atom. The molecule has 0 spiro atoms. The Bertz CT molecular complexity index is 476. The van der Waals surface area contributed by atoms with Gasteiger partial charge in [-0.05, 0) is 30.0 Å². The number of alkyl halides is 1. The van der Waals surface area contributed by atoms with E-state index in [2.05, 4.69) is 24.3 Å². The van der Waals surface area contributed by atoms with Crippen LogP contribution < -0.4 is 5.73 Å². The predicted octanol–water partition coefficient (Wildman–Crippen LogP) is 3.90. The molecule has 1 nitrogen and oxygen atoms in total. The second-order valence-electron chi connectivity index (χ2n) is 4.70. The average Bonchev–Trinajstić information content (AvgIpc) is 2.39. The third-order valence-electron chi connectivity index (χ3n) is 2.92. The summed E-state index contributed by atoms with van der Waals surface area (Å²) in [5, 5.41) is -0.0875. The topological polar surface area (TPSA) is 26.0 Å². The molecule has 0 aliphatic heterocycles. The summed E-state index contributed by atoms with van der Waals surface area (Å²) in [5.74, 6) is 0. The van der Waals surface area contributed by atoms with E-state index < -0.39 is 0 Å². The number of rotatable bonds is 4. The van der Waals surface area contributed by atoms with Gasteiger partial charge in [-0.1, -0.05) is 54.6 Å². The van der Waals surface area contributed by atoms with Crippen molar-refractivity contribution in [2.75, 3.05) is 0 Å². The number of hydrogen-bond donors (Lipinski definition) is 1. The fourth-order valence-electron chi connectivity index (χ4n) is 2.01. The lowest BCUT2D eigenvalue weighted by Crippen LogP contribution is -2.17. The minimum atomic E-state index is -0.0875. The number of nitrogens with two attached hydrogens (primary N) is 1. The summed E-state index contributed by atoms with van der Waals surface area (Å²) >= 11 is 6.46. The van der Waals surface area contributed by atoms with Crippen molar-refractivity contribution in [3.63, 3.8) is 0 Å². The third kappa shape index (κ3) is 3.34. The monoisotopic (exact) mass is 259 g/mol. The van der Waals surface area contributed by atoms with Crippen molar-refractivity contribution in [3.05, 3.63) is 71.3 Å². The maximum Gasteiger partial charge on any atom is 0.0835 e. The first-order chi connectivity index (χ1) is 8.66. The molecular formula is C16H18ClN. The van der Waals surface area contributed by atoms with Crippen molar-refractivity contribution in [1.29, 1.82) is 0 Å². The molecule has 2 atom stereocenters. The fourth-order valence-corrected chi connectivity index (χ4v) is 2.30. The summed E-state index contributed by atoms with van der Waals surface area (Å²) < 4.78 is 0. The first kappa shape index (κ1) is 13.1. The standard InChI is InChI=1S/C16H18ClN/c1-12(18)11-13-7-9-15(10-8-13)16(17)14-5-3-2-4-6-14/h2-10,12,16H,11,18H2,1H3. The summed E-state index contributed by atoms with van der Waals surface area (Å²) in [6.07, 6.45) is 0.901. The molecule has 0 aliphatic carbocycles. The van der Waals surface area contributed by atoms with Gasteiger partial charge in [-0.2, -0.15) is 0 Å². The lowest BCUT2D eigenvalue weighted by molar-refractivity contribution is 0.738. The van der Waals surface area contributed by atoms with Crippen LogP contribution in [0.4, 0.5) is 0 Å². The molecule has 2 rings (SSSR count). The van der Waals surface area contributed by atoms with Crippen LogP contribution in [-0.2, 0) is 6.42 Å². The van der Waals surface area contributed by atoms with E-state index in [1.807, 2.05) is 37.3 Å². The molecule has 0 saturated heterocycles. The average molecular weight is 260 g/mol. The molecule has 2 unspecified atom stereocenters. The van der Waals surface area contributed by atoms with Crippen LogP contribution in [0.1, 0.15) is 29.0 Å². The molecule has 2 aromatic carbocycles. The molecule has 0 amide bonds. The van der Waals surface area contributed by atoms with E-state index in [-0.39, 0.29) is 11.4 Å². The Morgan fingerprint density at radius 1 is 0.944 bits per heavy atom.